The van der Waals surface area contributed by atoms with Crippen LogP contribution < -0.4 is 5.32 Å². The van der Waals surface area contributed by atoms with Gasteiger partial charge >= 0.3 is 0 Å². The molecule has 0 bridgehead atoms. The lowest BCUT2D eigenvalue weighted by Gasteiger charge is -2.02. The smallest absolute Gasteiger partial charge is 0.277 e. The number of rotatable bonds is 3. The van der Waals surface area contributed by atoms with Gasteiger partial charge in [-0.25, -0.2) is 0 Å². The van der Waals surface area contributed by atoms with Crippen LogP contribution in [0.15, 0.2) is 59.1 Å². The predicted molar refractivity (Wildman–Crippen MR) is 86.4 cm³/mol. The van der Waals surface area contributed by atoms with Crippen molar-refractivity contribution in [3.8, 4) is 11.3 Å². The van der Waals surface area contributed by atoms with Crippen molar-refractivity contribution in [2.24, 2.45) is 0 Å². The van der Waals surface area contributed by atoms with E-state index in [9.17, 15) is 4.79 Å². The summed E-state index contributed by atoms with van der Waals surface area (Å²) in [5.74, 6) is 0.0954. The summed E-state index contributed by atoms with van der Waals surface area (Å²) in [7, 11) is 0. The van der Waals surface area contributed by atoms with Gasteiger partial charge < -0.3 is 9.84 Å². The maximum Gasteiger partial charge on any atom is 0.277 e. The van der Waals surface area contributed by atoms with Crippen molar-refractivity contribution in [1.82, 2.24) is 5.16 Å². The first kappa shape index (κ1) is 14.6. The highest BCUT2D eigenvalue weighted by molar-refractivity contribution is 6.31. The molecule has 0 aliphatic carbocycles. The zero-order valence-corrected chi connectivity index (χ0v) is 12.7. The number of amides is 1. The molecule has 0 atom stereocenters. The van der Waals surface area contributed by atoms with E-state index < -0.39 is 0 Å². The molecule has 0 saturated heterocycles. The van der Waals surface area contributed by atoms with Gasteiger partial charge in [-0.1, -0.05) is 46.6 Å². The van der Waals surface area contributed by atoms with Crippen molar-refractivity contribution in [2.75, 3.05) is 5.32 Å². The molecule has 0 unspecified atom stereocenters. The van der Waals surface area contributed by atoms with Crippen LogP contribution in [0.2, 0.25) is 10.0 Å². The molecule has 110 valence electrons. The second-order valence-electron chi connectivity index (χ2n) is 4.55. The predicted octanol–water partition coefficient (Wildman–Crippen LogP) is 4.90. The Labute approximate surface area is 136 Å². The highest BCUT2D eigenvalue weighted by Crippen LogP contribution is 2.24. The molecule has 3 rings (SSSR count). The summed E-state index contributed by atoms with van der Waals surface area (Å²) >= 11 is 11.8. The van der Waals surface area contributed by atoms with Gasteiger partial charge in [-0.05, 0) is 30.3 Å². The standard InChI is InChI=1S/C16H10Cl2N2O2/c17-11-4-1-3-10(7-11)15-9-14(20-22-15)16(21)19-13-6-2-5-12(18)8-13/h1-9H,(H,19,21). The Bertz CT molecular complexity index is 830. The first-order valence-electron chi connectivity index (χ1n) is 6.41. The monoisotopic (exact) mass is 332 g/mol. The highest BCUT2D eigenvalue weighted by atomic mass is 35.5. The molecule has 1 aromatic heterocycles. The maximum absolute atomic E-state index is 12.1. The number of halogens is 2. The molecule has 1 heterocycles. The number of carbonyl (C=O) groups is 1. The van der Waals surface area contributed by atoms with Crippen LogP contribution in [0, 0.1) is 0 Å². The molecule has 0 spiro atoms. The van der Waals surface area contributed by atoms with E-state index in [1.807, 2.05) is 6.07 Å². The summed E-state index contributed by atoms with van der Waals surface area (Å²) < 4.78 is 5.19. The third-order valence-corrected chi connectivity index (χ3v) is 3.40. The molecule has 6 heteroatoms. The van der Waals surface area contributed by atoms with Crippen LogP contribution in [-0.4, -0.2) is 11.1 Å². The molecule has 0 radical (unpaired) electrons. The van der Waals surface area contributed by atoms with E-state index in [-0.39, 0.29) is 11.6 Å². The summed E-state index contributed by atoms with van der Waals surface area (Å²) in [4.78, 5) is 12.1. The molecular weight excluding hydrogens is 323 g/mol. The van der Waals surface area contributed by atoms with E-state index in [0.717, 1.165) is 5.56 Å². The zero-order chi connectivity index (χ0) is 15.5. The number of hydrogen-bond acceptors (Lipinski definition) is 3. The molecule has 1 N–H and O–H groups in total. The molecule has 0 saturated carbocycles. The number of aromatic nitrogens is 1. The number of nitrogens with zero attached hydrogens (tertiary/aromatic N) is 1. The lowest BCUT2D eigenvalue weighted by molar-refractivity contribution is 0.101. The van der Waals surface area contributed by atoms with Crippen molar-refractivity contribution >= 4 is 34.8 Å². The Morgan fingerprint density at radius 2 is 1.73 bits per heavy atom. The average Bonchev–Trinajstić information content (AvgIpc) is 2.97. The molecule has 1 amide bonds. The van der Waals surface area contributed by atoms with Gasteiger partial charge in [-0.15, -0.1) is 0 Å². The van der Waals surface area contributed by atoms with E-state index in [1.54, 1.807) is 48.5 Å². The van der Waals surface area contributed by atoms with Crippen LogP contribution in [0.25, 0.3) is 11.3 Å². The number of benzene rings is 2. The minimum atomic E-state index is -0.376. The fraction of sp³-hybridized carbons (Fsp3) is 0. The van der Waals surface area contributed by atoms with Gasteiger partial charge in [-0.3, -0.25) is 4.79 Å². The largest absolute Gasteiger partial charge is 0.355 e. The van der Waals surface area contributed by atoms with Crippen LogP contribution in [0.5, 0.6) is 0 Å². The fourth-order valence-corrected chi connectivity index (χ4v) is 2.30. The minimum Gasteiger partial charge on any atom is -0.355 e. The first-order valence-corrected chi connectivity index (χ1v) is 7.17. The van der Waals surface area contributed by atoms with Crippen LogP contribution in [0.1, 0.15) is 10.5 Å². The number of nitrogens with one attached hydrogen (secondary N) is 1. The molecule has 0 aliphatic rings. The lowest BCUT2D eigenvalue weighted by atomic mass is 10.1. The van der Waals surface area contributed by atoms with E-state index in [2.05, 4.69) is 10.5 Å². The van der Waals surface area contributed by atoms with E-state index in [4.69, 9.17) is 27.7 Å². The Morgan fingerprint density at radius 3 is 2.45 bits per heavy atom. The molecule has 0 fully saturated rings. The van der Waals surface area contributed by atoms with Crippen molar-refractivity contribution in [3.63, 3.8) is 0 Å². The molecular formula is C16H10Cl2N2O2. The van der Waals surface area contributed by atoms with E-state index in [1.165, 1.54) is 0 Å². The topological polar surface area (TPSA) is 55.1 Å². The Balaban J connectivity index is 1.80. The Hall–Kier alpha value is -2.30. The van der Waals surface area contributed by atoms with Crippen LogP contribution in [0.3, 0.4) is 0 Å². The van der Waals surface area contributed by atoms with Crippen molar-refractivity contribution in [1.29, 1.82) is 0 Å². The quantitative estimate of drug-likeness (QED) is 0.742. The second-order valence-corrected chi connectivity index (χ2v) is 5.42. The molecule has 22 heavy (non-hydrogen) atoms. The molecule has 2 aromatic carbocycles. The summed E-state index contributed by atoms with van der Waals surface area (Å²) in [6.45, 7) is 0. The Kier molecular flexibility index (Phi) is 4.13. The van der Waals surface area contributed by atoms with Crippen molar-refractivity contribution in [3.05, 3.63) is 70.3 Å². The second kappa shape index (κ2) is 6.22. The minimum absolute atomic E-state index is 0.176. The summed E-state index contributed by atoms with van der Waals surface area (Å²) in [6, 6.07) is 15.5. The summed E-state index contributed by atoms with van der Waals surface area (Å²) in [5.41, 5.74) is 1.52. The third-order valence-electron chi connectivity index (χ3n) is 2.93. The van der Waals surface area contributed by atoms with Gasteiger partial charge in [0.05, 0.1) is 0 Å². The van der Waals surface area contributed by atoms with Crippen molar-refractivity contribution in [2.45, 2.75) is 0 Å². The summed E-state index contributed by atoms with van der Waals surface area (Å²) in [6.07, 6.45) is 0. The first-order chi connectivity index (χ1) is 10.6. The van der Waals surface area contributed by atoms with Gasteiger partial charge in [0.1, 0.15) is 0 Å². The number of carbonyl (C=O) groups excluding carboxylic acids is 1. The van der Waals surface area contributed by atoms with Gasteiger partial charge in [0.2, 0.25) is 0 Å². The molecule has 3 aromatic rings. The Morgan fingerprint density at radius 1 is 1.00 bits per heavy atom. The van der Waals surface area contributed by atoms with Gasteiger partial charge in [0.15, 0.2) is 11.5 Å². The number of anilines is 1. The maximum atomic E-state index is 12.1. The average molecular weight is 333 g/mol. The van der Waals surface area contributed by atoms with E-state index in [0.29, 0.717) is 21.5 Å². The van der Waals surface area contributed by atoms with Crippen LogP contribution in [-0.2, 0) is 0 Å². The SMILES string of the molecule is O=C(Nc1cccc(Cl)c1)c1cc(-c2cccc(Cl)c2)on1. The van der Waals surface area contributed by atoms with Gasteiger partial charge in [0, 0.05) is 27.4 Å². The third kappa shape index (κ3) is 3.30. The molecule has 0 aliphatic heterocycles. The lowest BCUT2D eigenvalue weighted by Crippen LogP contribution is -2.11. The zero-order valence-electron chi connectivity index (χ0n) is 11.2. The van der Waals surface area contributed by atoms with E-state index >= 15 is 0 Å². The van der Waals surface area contributed by atoms with Gasteiger partial charge in [-0.2, -0.15) is 0 Å². The normalized spacial score (nSPS) is 10.5. The highest BCUT2D eigenvalue weighted by Gasteiger charge is 2.14. The van der Waals surface area contributed by atoms with Crippen LogP contribution >= 0.6 is 23.2 Å². The number of hydrogen-bond donors (Lipinski definition) is 1. The van der Waals surface area contributed by atoms with Crippen LogP contribution in [0.4, 0.5) is 5.69 Å². The molecule has 4 nitrogen and oxygen atoms in total. The summed E-state index contributed by atoms with van der Waals surface area (Å²) in [5, 5.41) is 7.60. The van der Waals surface area contributed by atoms with Crippen molar-refractivity contribution < 1.29 is 9.32 Å². The van der Waals surface area contributed by atoms with Gasteiger partial charge in [0.25, 0.3) is 5.91 Å². The fourth-order valence-electron chi connectivity index (χ4n) is 1.92.